The van der Waals surface area contributed by atoms with E-state index in [4.69, 9.17) is 4.74 Å². The van der Waals surface area contributed by atoms with Crippen LogP contribution < -0.4 is 5.32 Å². The minimum absolute atomic E-state index is 0.123. The summed E-state index contributed by atoms with van der Waals surface area (Å²) < 4.78 is 5.74. The van der Waals surface area contributed by atoms with E-state index in [-0.39, 0.29) is 18.1 Å². The van der Waals surface area contributed by atoms with Gasteiger partial charge in [0.25, 0.3) is 0 Å². The molecule has 1 unspecified atom stereocenters. The van der Waals surface area contributed by atoms with Crippen LogP contribution in [0, 0.1) is 11.8 Å². The molecule has 2 fully saturated rings. The molecule has 2 saturated heterocycles. The van der Waals surface area contributed by atoms with E-state index in [1.807, 2.05) is 4.90 Å². The topological polar surface area (TPSA) is 41.6 Å². The molecule has 0 bridgehead atoms. The van der Waals surface area contributed by atoms with Gasteiger partial charge in [0.05, 0.1) is 5.60 Å². The van der Waals surface area contributed by atoms with E-state index in [0.29, 0.717) is 0 Å². The number of hydrogen-bond acceptors (Lipinski definition) is 3. The van der Waals surface area contributed by atoms with Crippen LogP contribution in [0.1, 0.15) is 40.0 Å². The lowest BCUT2D eigenvalue weighted by Crippen LogP contribution is -2.59. The zero-order chi connectivity index (χ0) is 13.9. The maximum absolute atomic E-state index is 12.2. The van der Waals surface area contributed by atoms with E-state index in [2.05, 4.69) is 26.1 Å². The molecule has 0 saturated carbocycles. The van der Waals surface area contributed by atoms with Crippen LogP contribution in [0.4, 0.5) is 0 Å². The fourth-order valence-corrected chi connectivity index (χ4v) is 2.94. The van der Waals surface area contributed by atoms with E-state index in [1.165, 1.54) is 6.42 Å². The van der Waals surface area contributed by atoms with Gasteiger partial charge in [0, 0.05) is 26.2 Å². The van der Waals surface area contributed by atoms with Gasteiger partial charge >= 0.3 is 0 Å². The molecule has 0 aromatic heterocycles. The maximum atomic E-state index is 12.2. The van der Waals surface area contributed by atoms with Crippen molar-refractivity contribution in [3.63, 3.8) is 0 Å². The summed E-state index contributed by atoms with van der Waals surface area (Å²) >= 11 is 0. The summed E-state index contributed by atoms with van der Waals surface area (Å²) in [5, 5.41) is 3.18. The van der Waals surface area contributed by atoms with Crippen LogP contribution in [-0.2, 0) is 9.53 Å². The molecular formula is C15H28N2O2. The smallest absolute Gasteiger partial charge is 0.248 e. The molecule has 0 aliphatic carbocycles. The van der Waals surface area contributed by atoms with Crippen molar-refractivity contribution >= 4 is 5.91 Å². The number of hydrogen-bond donors (Lipinski definition) is 1. The van der Waals surface area contributed by atoms with Crippen molar-refractivity contribution < 1.29 is 9.53 Å². The fourth-order valence-electron chi connectivity index (χ4n) is 2.94. The summed E-state index contributed by atoms with van der Waals surface area (Å²) in [5.41, 5.74) is -0.123. The highest BCUT2D eigenvalue weighted by Gasteiger charge is 2.33. The molecule has 2 heterocycles. The van der Waals surface area contributed by atoms with Crippen LogP contribution in [0.25, 0.3) is 0 Å². The van der Waals surface area contributed by atoms with Crippen LogP contribution in [0.15, 0.2) is 0 Å². The van der Waals surface area contributed by atoms with Crippen molar-refractivity contribution in [2.45, 2.75) is 45.6 Å². The average Bonchev–Trinajstić information content (AvgIpc) is 2.59. The first kappa shape index (κ1) is 14.8. The summed E-state index contributed by atoms with van der Waals surface area (Å²) in [6.07, 6.45) is 3.53. The van der Waals surface area contributed by atoms with Crippen LogP contribution in [0.2, 0.25) is 0 Å². The molecule has 1 N–H and O–H groups in total. The minimum Gasteiger partial charge on any atom is -0.363 e. The Morgan fingerprint density at radius 2 is 2.11 bits per heavy atom. The van der Waals surface area contributed by atoms with Crippen LogP contribution in [0.3, 0.4) is 0 Å². The summed E-state index contributed by atoms with van der Waals surface area (Å²) in [7, 11) is 0. The normalized spacial score (nSPS) is 26.9. The van der Waals surface area contributed by atoms with Crippen molar-refractivity contribution in [1.82, 2.24) is 10.2 Å². The molecule has 4 heteroatoms. The molecule has 0 aromatic carbocycles. The van der Waals surface area contributed by atoms with Gasteiger partial charge in [0.1, 0.15) is 6.61 Å². The summed E-state index contributed by atoms with van der Waals surface area (Å²) in [4.78, 5) is 14.2. The number of ether oxygens (including phenoxy) is 1. The Hall–Kier alpha value is -0.610. The van der Waals surface area contributed by atoms with Crippen molar-refractivity contribution in [3.8, 4) is 0 Å². The second-order valence-corrected chi connectivity index (χ2v) is 6.66. The first-order valence-corrected chi connectivity index (χ1v) is 7.63. The average molecular weight is 268 g/mol. The van der Waals surface area contributed by atoms with Crippen molar-refractivity contribution in [3.05, 3.63) is 0 Å². The molecule has 4 nitrogen and oxygen atoms in total. The molecule has 2 rings (SSSR count). The van der Waals surface area contributed by atoms with E-state index in [9.17, 15) is 4.79 Å². The number of nitrogens with one attached hydrogen (secondary N) is 1. The number of amides is 1. The third-order valence-electron chi connectivity index (χ3n) is 4.61. The lowest BCUT2D eigenvalue weighted by molar-refractivity contribution is -0.145. The van der Waals surface area contributed by atoms with Crippen LogP contribution >= 0.6 is 0 Å². The SMILES string of the molecule is CC(C)C1CCCN(C(=O)COC2(C)CNC2)CC1. The predicted molar refractivity (Wildman–Crippen MR) is 76.0 cm³/mol. The number of nitrogens with zero attached hydrogens (tertiary/aromatic N) is 1. The first-order valence-electron chi connectivity index (χ1n) is 7.63. The monoisotopic (exact) mass is 268 g/mol. The van der Waals surface area contributed by atoms with Crippen molar-refractivity contribution in [2.24, 2.45) is 11.8 Å². The Balaban J connectivity index is 1.76. The zero-order valence-electron chi connectivity index (χ0n) is 12.6. The molecule has 0 aromatic rings. The molecule has 110 valence electrons. The zero-order valence-corrected chi connectivity index (χ0v) is 12.6. The molecular weight excluding hydrogens is 240 g/mol. The Morgan fingerprint density at radius 3 is 2.68 bits per heavy atom. The summed E-state index contributed by atoms with van der Waals surface area (Å²) in [6, 6.07) is 0. The first-order chi connectivity index (χ1) is 9.00. The molecule has 19 heavy (non-hydrogen) atoms. The van der Waals surface area contributed by atoms with Gasteiger partial charge in [-0.1, -0.05) is 13.8 Å². The lowest BCUT2D eigenvalue weighted by atomic mass is 9.89. The van der Waals surface area contributed by atoms with E-state index in [1.54, 1.807) is 0 Å². The standard InChI is InChI=1S/C15H28N2O2/c1-12(2)13-5-4-7-17(8-6-13)14(18)9-19-15(3)10-16-11-15/h12-13,16H,4-11H2,1-3H3. The summed E-state index contributed by atoms with van der Waals surface area (Å²) in [5.74, 6) is 1.66. The lowest BCUT2D eigenvalue weighted by Gasteiger charge is -2.39. The number of likely N-dealkylation sites (tertiary alicyclic amines) is 1. The number of rotatable bonds is 4. The highest BCUT2D eigenvalue weighted by Crippen LogP contribution is 2.24. The number of carbonyl (C=O) groups excluding carboxylic acids is 1. The molecule has 2 aliphatic heterocycles. The fraction of sp³-hybridized carbons (Fsp3) is 0.933. The Morgan fingerprint density at radius 1 is 1.37 bits per heavy atom. The quantitative estimate of drug-likeness (QED) is 0.843. The van der Waals surface area contributed by atoms with Gasteiger partial charge < -0.3 is 15.0 Å². The van der Waals surface area contributed by atoms with Gasteiger partial charge in [0.2, 0.25) is 5.91 Å². The highest BCUT2D eigenvalue weighted by atomic mass is 16.5. The van der Waals surface area contributed by atoms with Crippen LogP contribution in [-0.4, -0.2) is 49.2 Å². The Bertz CT molecular complexity index is 313. The Labute approximate surface area is 116 Å². The van der Waals surface area contributed by atoms with Gasteiger partial charge in [-0.2, -0.15) is 0 Å². The summed E-state index contributed by atoms with van der Waals surface area (Å²) in [6.45, 7) is 10.4. The highest BCUT2D eigenvalue weighted by molar-refractivity contribution is 5.77. The molecule has 0 spiro atoms. The Kier molecular flexibility index (Phi) is 4.85. The molecule has 0 radical (unpaired) electrons. The third kappa shape index (κ3) is 3.93. The maximum Gasteiger partial charge on any atom is 0.248 e. The van der Waals surface area contributed by atoms with Gasteiger partial charge in [-0.3, -0.25) is 4.79 Å². The predicted octanol–water partition coefficient (Wildman–Crippen LogP) is 1.65. The van der Waals surface area contributed by atoms with Gasteiger partial charge in [-0.25, -0.2) is 0 Å². The largest absolute Gasteiger partial charge is 0.363 e. The second-order valence-electron chi connectivity index (χ2n) is 6.66. The molecule has 1 atom stereocenters. The van der Waals surface area contributed by atoms with E-state index in [0.717, 1.165) is 50.9 Å². The van der Waals surface area contributed by atoms with Gasteiger partial charge in [0.15, 0.2) is 0 Å². The third-order valence-corrected chi connectivity index (χ3v) is 4.61. The van der Waals surface area contributed by atoms with E-state index < -0.39 is 0 Å². The van der Waals surface area contributed by atoms with E-state index >= 15 is 0 Å². The van der Waals surface area contributed by atoms with Crippen molar-refractivity contribution in [1.29, 1.82) is 0 Å². The minimum atomic E-state index is -0.123. The second kappa shape index (κ2) is 6.23. The van der Waals surface area contributed by atoms with Gasteiger partial charge in [-0.15, -0.1) is 0 Å². The van der Waals surface area contributed by atoms with Gasteiger partial charge in [-0.05, 0) is 38.0 Å². The molecule has 2 aliphatic rings. The van der Waals surface area contributed by atoms with Crippen molar-refractivity contribution in [2.75, 3.05) is 32.8 Å². The number of carbonyl (C=O) groups is 1. The van der Waals surface area contributed by atoms with Crippen LogP contribution in [0.5, 0.6) is 0 Å². The molecule has 1 amide bonds.